The molecule has 1 aromatic carbocycles. The van der Waals surface area contributed by atoms with Crippen molar-refractivity contribution >= 4 is 22.5 Å². The van der Waals surface area contributed by atoms with E-state index in [2.05, 4.69) is 20.6 Å². The minimum atomic E-state index is -4.53. The van der Waals surface area contributed by atoms with E-state index in [9.17, 15) is 22.9 Å². The van der Waals surface area contributed by atoms with Gasteiger partial charge in [0.1, 0.15) is 12.2 Å². The number of nitroso groups, excluding NO2 is 1. The monoisotopic (exact) mass is 432 g/mol. The van der Waals surface area contributed by atoms with Crippen molar-refractivity contribution in [2.45, 2.75) is 19.3 Å². The lowest BCUT2D eigenvalue weighted by molar-refractivity contribution is -0.139. The highest BCUT2D eigenvalue weighted by Gasteiger charge is 2.31. The van der Waals surface area contributed by atoms with Crippen LogP contribution >= 0.6 is 0 Å². The molecule has 0 aliphatic rings. The number of aryl methyl sites for hydroxylation is 1. The molecule has 1 amide bonds. The molecule has 0 bridgehead atoms. The van der Waals surface area contributed by atoms with E-state index in [4.69, 9.17) is 4.52 Å². The predicted molar refractivity (Wildman–Crippen MR) is 103 cm³/mol. The number of benzene rings is 1. The Morgan fingerprint density at radius 2 is 2.10 bits per heavy atom. The third kappa shape index (κ3) is 4.17. The molecule has 0 saturated carbocycles. The Balaban J connectivity index is 1.64. The molecule has 12 heteroatoms. The lowest BCUT2D eigenvalue weighted by Gasteiger charge is -2.11. The van der Waals surface area contributed by atoms with Crippen molar-refractivity contribution in [3.63, 3.8) is 0 Å². The maximum Gasteiger partial charge on any atom is 0.406 e. The predicted octanol–water partition coefficient (Wildman–Crippen LogP) is 3.92. The number of carbonyl (C=O) groups is 1. The number of hydrogen-bond donors (Lipinski definition) is 1. The molecule has 0 atom stereocenters. The van der Waals surface area contributed by atoms with Gasteiger partial charge in [-0.3, -0.25) is 4.79 Å². The Labute approximate surface area is 172 Å². The standard InChI is InChI=1S/C19H15F3N6O3/c1-27-6-5-11(9-27)18(29)23-8-16-24-17(26-31-16)15-7-12-13(25-30)3-2-4-14(12)28(15)10-19(20,21)22/h2-7,9H,8,10H2,1H3,(H,23,29). The number of nitrogens with zero attached hydrogens (tertiary/aromatic N) is 5. The minimum absolute atomic E-state index is 0.00137. The summed E-state index contributed by atoms with van der Waals surface area (Å²) in [5.41, 5.74) is 0.598. The van der Waals surface area contributed by atoms with Crippen LogP contribution in [0.4, 0.5) is 18.9 Å². The van der Waals surface area contributed by atoms with Gasteiger partial charge >= 0.3 is 6.18 Å². The molecule has 3 heterocycles. The molecule has 0 aliphatic carbocycles. The molecule has 31 heavy (non-hydrogen) atoms. The van der Waals surface area contributed by atoms with Crippen LogP contribution in [-0.4, -0.2) is 31.4 Å². The fourth-order valence-electron chi connectivity index (χ4n) is 3.21. The molecule has 3 aromatic heterocycles. The van der Waals surface area contributed by atoms with Gasteiger partial charge in [-0.1, -0.05) is 11.2 Å². The van der Waals surface area contributed by atoms with Crippen LogP contribution in [0, 0.1) is 4.91 Å². The van der Waals surface area contributed by atoms with Crippen molar-refractivity contribution in [1.29, 1.82) is 0 Å². The van der Waals surface area contributed by atoms with Crippen LogP contribution in [0.1, 0.15) is 16.2 Å². The van der Waals surface area contributed by atoms with Gasteiger partial charge in [0.2, 0.25) is 11.7 Å². The summed E-state index contributed by atoms with van der Waals surface area (Å²) in [5.74, 6) is -0.466. The second kappa shape index (κ2) is 7.70. The lowest BCUT2D eigenvalue weighted by Crippen LogP contribution is -2.22. The van der Waals surface area contributed by atoms with Crippen molar-refractivity contribution in [1.82, 2.24) is 24.6 Å². The summed E-state index contributed by atoms with van der Waals surface area (Å²) in [7, 11) is 1.77. The summed E-state index contributed by atoms with van der Waals surface area (Å²) in [5, 5.41) is 9.45. The highest BCUT2D eigenvalue weighted by molar-refractivity contribution is 5.95. The molecule has 1 N–H and O–H groups in total. The summed E-state index contributed by atoms with van der Waals surface area (Å²) in [6.45, 7) is -1.43. The molecule has 0 fully saturated rings. The number of carbonyl (C=O) groups excluding carboxylic acids is 1. The largest absolute Gasteiger partial charge is 0.406 e. The topological polar surface area (TPSA) is 107 Å². The smallest absolute Gasteiger partial charge is 0.356 e. The Morgan fingerprint density at radius 1 is 1.29 bits per heavy atom. The van der Waals surface area contributed by atoms with Gasteiger partial charge in [-0.2, -0.15) is 18.2 Å². The molecule has 0 aliphatic heterocycles. The quantitative estimate of drug-likeness (QED) is 0.465. The first kappa shape index (κ1) is 20.3. The maximum absolute atomic E-state index is 13.2. The average Bonchev–Trinajstić information content (AvgIpc) is 3.44. The van der Waals surface area contributed by atoms with Crippen LogP contribution in [0.3, 0.4) is 0 Å². The molecule has 4 rings (SSSR count). The zero-order valence-electron chi connectivity index (χ0n) is 16.1. The molecular formula is C19H15F3N6O3. The number of alkyl halides is 3. The molecule has 4 aromatic rings. The van der Waals surface area contributed by atoms with Crippen LogP contribution in [0.25, 0.3) is 22.4 Å². The molecule has 160 valence electrons. The zero-order valence-corrected chi connectivity index (χ0v) is 16.1. The van der Waals surface area contributed by atoms with Gasteiger partial charge in [0, 0.05) is 24.8 Å². The summed E-state index contributed by atoms with van der Waals surface area (Å²) in [6.07, 6.45) is -1.19. The first-order valence-corrected chi connectivity index (χ1v) is 9.00. The summed E-state index contributed by atoms with van der Waals surface area (Å²) in [6, 6.07) is 7.27. The fraction of sp³-hybridized carbons (Fsp3) is 0.211. The first-order chi connectivity index (χ1) is 14.7. The van der Waals surface area contributed by atoms with Crippen LogP contribution in [0.15, 0.2) is 52.4 Å². The van der Waals surface area contributed by atoms with Crippen molar-refractivity contribution in [3.8, 4) is 11.5 Å². The van der Waals surface area contributed by atoms with Crippen molar-refractivity contribution in [2.24, 2.45) is 12.2 Å². The second-order valence-electron chi connectivity index (χ2n) is 6.79. The van der Waals surface area contributed by atoms with E-state index in [1.54, 1.807) is 30.1 Å². The van der Waals surface area contributed by atoms with Gasteiger partial charge < -0.3 is 19.0 Å². The van der Waals surface area contributed by atoms with Crippen molar-refractivity contribution < 1.29 is 22.5 Å². The Hall–Kier alpha value is -3.96. The third-order valence-electron chi connectivity index (χ3n) is 4.55. The Morgan fingerprint density at radius 3 is 2.77 bits per heavy atom. The summed E-state index contributed by atoms with van der Waals surface area (Å²) < 4.78 is 47.3. The molecular weight excluding hydrogens is 417 g/mol. The number of hydrogen-bond acceptors (Lipinski definition) is 6. The summed E-state index contributed by atoms with van der Waals surface area (Å²) in [4.78, 5) is 27.3. The Bertz CT molecular complexity index is 1270. The number of fused-ring (bicyclic) bond motifs is 1. The molecule has 0 unspecified atom stereocenters. The van der Waals surface area contributed by atoms with Gasteiger partial charge in [0.05, 0.1) is 23.3 Å². The zero-order chi connectivity index (χ0) is 22.2. The number of amides is 1. The van der Waals surface area contributed by atoms with Crippen molar-refractivity contribution in [2.75, 3.05) is 0 Å². The van der Waals surface area contributed by atoms with Crippen LogP contribution in [0.2, 0.25) is 0 Å². The average molecular weight is 432 g/mol. The van der Waals surface area contributed by atoms with E-state index in [1.807, 2.05) is 0 Å². The van der Waals surface area contributed by atoms with Gasteiger partial charge in [0.15, 0.2) is 0 Å². The van der Waals surface area contributed by atoms with Gasteiger partial charge in [0.25, 0.3) is 5.91 Å². The maximum atomic E-state index is 13.2. The second-order valence-corrected chi connectivity index (χ2v) is 6.79. The van der Waals surface area contributed by atoms with Crippen LogP contribution in [0.5, 0.6) is 0 Å². The number of aromatic nitrogens is 4. The Kier molecular flexibility index (Phi) is 5.05. The molecule has 0 saturated heterocycles. The first-order valence-electron chi connectivity index (χ1n) is 9.00. The highest BCUT2D eigenvalue weighted by atomic mass is 19.4. The van der Waals surface area contributed by atoms with E-state index >= 15 is 0 Å². The van der Waals surface area contributed by atoms with Gasteiger partial charge in [-0.15, -0.1) is 4.91 Å². The lowest BCUT2D eigenvalue weighted by atomic mass is 10.2. The van der Waals surface area contributed by atoms with Crippen LogP contribution < -0.4 is 5.32 Å². The van der Waals surface area contributed by atoms with Crippen molar-refractivity contribution in [3.05, 3.63) is 59.1 Å². The van der Waals surface area contributed by atoms with E-state index < -0.39 is 12.7 Å². The van der Waals surface area contributed by atoms with Gasteiger partial charge in [-0.25, -0.2) is 0 Å². The summed E-state index contributed by atoms with van der Waals surface area (Å²) >= 11 is 0. The minimum Gasteiger partial charge on any atom is -0.356 e. The number of rotatable bonds is 6. The van der Waals surface area contributed by atoms with E-state index in [1.165, 1.54) is 24.3 Å². The SMILES string of the molecule is Cn1ccc(C(=O)NCc2nc(-c3cc4c(N=O)cccc4n3CC(F)(F)F)no2)c1. The number of nitrogens with one attached hydrogen (secondary N) is 1. The molecule has 9 nitrogen and oxygen atoms in total. The molecule has 0 spiro atoms. The van der Waals surface area contributed by atoms with E-state index in [-0.39, 0.29) is 46.5 Å². The highest BCUT2D eigenvalue weighted by Crippen LogP contribution is 2.35. The van der Waals surface area contributed by atoms with E-state index in [0.29, 0.717) is 5.56 Å². The van der Waals surface area contributed by atoms with Gasteiger partial charge in [-0.05, 0) is 29.4 Å². The normalized spacial score (nSPS) is 11.7. The van der Waals surface area contributed by atoms with E-state index in [0.717, 1.165) is 4.57 Å². The molecule has 0 radical (unpaired) electrons. The number of halogens is 3. The van der Waals surface area contributed by atoms with Crippen LogP contribution in [-0.2, 0) is 20.1 Å². The third-order valence-corrected chi connectivity index (χ3v) is 4.55. The fourth-order valence-corrected chi connectivity index (χ4v) is 3.21.